The zero-order valence-electron chi connectivity index (χ0n) is 13.4. The van der Waals surface area contributed by atoms with Crippen molar-refractivity contribution in [1.82, 2.24) is 0 Å². The first-order valence-electron chi connectivity index (χ1n) is 7.56. The van der Waals surface area contributed by atoms with E-state index < -0.39 is 11.6 Å². The highest BCUT2D eigenvalue weighted by Gasteiger charge is 2.29. The van der Waals surface area contributed by atoms with E-state index in [1.54, 1.807) is 6.92 Å². The molecule has 1 heterocycles. The molecule has 23 heavy (non-hydrogen) atoms. The summed E-state index contributed by atoms with van der Waals surface area (Å²) in [4.78, 5) is 12.3. The molecule has 1 aliphatic carbocycles. The maximum Gasteiger partial charge on any atom is 0.172 e. The fourth-order valence-electron chi connectivity index (χ4n) is 3.16. The SMILES string of the molecule is C=C(C)C1CC(=O)C(C)=C(c2cc(F)cc3c(F)c(C)oc23)C1. The van der Waals surface area contributed by atoms with E-state index in [0.29, 0.717) is 35.1 Å². The summed E-state index contributed by atoms with van der Waals surface area (Å²) < 4.78 is 33.6. The molecule has 0 N–H and O–H groups in total. The van der Waals surface area contributed by atoms with Crippen LogP contribution < -0.4 is 0 Å². The van der Waals surface area contributed by atoms with E-state index in [2.05, 4.69) is 6.58 Å². The Bertz CT molecular complexity index is 871. The lowest BCUT2D eigenvalue weighted by Gasteiger charge is -2.25. The minimum atomic E-state index is -0.558. The third-order valence-corrected chi connectivity index (χ3v) is 4.63. The van der Waals surface area contributed by atoms with E-state index in [9.17, 15) is 13.6 Å². The molecular weight excluding hydrogens is 298 g/mol. The molecular formula is C19H18F2O2. The van der Waals surface area contributed by atoms with Gasteiger partial charge in [0.05, 0.1) is 5.39 Å². The van der Waals surface area contributed by atoms with Gasteiger partial charge in [-0.05, 0) is 56.4 Å². The highest BCUT2D eigenvalue weighted by molar-refractivity contribution is 6.06. The highest BCUT2D eigenvalue weighted by Crippen LogP contribution is 2.40. The maximum atomic E-state index is 14.1. The number of rotatable bonds is 2. The molecule has 0 radical (unpaired) electrons. The van der Waals surface area contributed by atoms with Crippen molar-refractivity contribution in [3.05, 3.63) is 52.8 Å². The molecule has 0 bridgehead atoms. The van der Waals surface area contributed by atoms with Crippen LogP contribution in [0.2, 0.25) is 0 Å². The van der Waals surface area contributed by atoms with E-state index in [0.717, 1.165) is 11.6 Å². The van der Waals surface area contributed by atoms with Gasteiger partial charge < -0.3 is 4.42 Å². The first-order chi connectivity index (χ1) is 10.8. The van der Waals surface area contributed by atoms with Crippen molar-refractivity contribution in [3.63, 3.8) is 0 Å². The number of halogens is 2. The highest BCUT2D eigenvalue weighted by atomic mass is 19.1. The largest absolute Gasteiger partial charge is 0.458 e. The number of allylic oxidation sites excluding steroid dienone is 3. The summed E-state index contributed by atoms with van der Waals surface area (Å²) >= 11 is 0. The minimum absolute atomic E-state index is 0.0143. The van der Waals surface area contributed by atoms with Crippen LogP contribution in [0.15, 0.2) is 34.3 Å². The zero-order chi connectivity index (χ0) is 16.9. The van der Waals surface area contributed by atoms with Gasteiger partial charge in [0.25, 0.3) is 0 Å². The molecule has 0 spiro atoms. The van der Waals surface area contributed by atoms with Gasteiger partial charge >= 0.3 is 0 Å². The third kappa shape index (κ3) is 2.52. The van der Waals surface area contributed by atoms with Gasteiger partial charge in [0.15, 0.2) is 11.6 Å². The first-order valence-corrected chi connectivity index (χ1v) is 7.56. The van der Waals surface area contributed by atoms with E-state index >= 15 is 0 Å². The molecule has 0 amide bonds. The van der Waals surface area contributed by atoms with Crippen LogP contribution >= 0.6 is 0 Å². The molecule has 0 saturated heterocycles. The molecule has 1 aliphatic rings. The smallest absolute Gasteiger partial charge is 0.172 e. The molecule has 0 fully saturated rings. The maximum absolute atomic E-state index is 14.1. The Labute approximate surface area is 133 Å². The lowest BCUT2D eigenvalue weighted by Crippen LogP contribution is -2.18. The fraction of sp³-hybridized carbons (Fsp3) is 0.316. The van der Waals surface area contributed by atoms with Crippen LogP contribution in [0.3, 0.4) is 0 Å². The van der Waals surface area contributed by atoms with Gasteiger partial charge in [-0.1, -0.05) is 12.2 Å². The van der Waals surface area contributed by atoms with Crippen molar-refractivity contribution < 1.29 is 18.0 Å². The van der Waals surface area contributed by atoms with Gasteiger partial charge in [-0.25, -0.2) is 8.78 Å². The Morgan fingerprint density at radius 2 is 1.96 bits per heavy atom. The standard InChI is InChI=1S/C19H18F2O2/c1-9(2)12-5-14(10(3)17(22)6-12)15-7-13(20)8-16-18(21)11(4)23-19(15)16/h7-8,12H,1,5-6H2,2-4H3. The van der Waals surface area contributed by atoms with Crippen molar-refractivity contribution in [2.75, 3.05) is 0 Å². The average molecular weight is 316 g/mol. The molecule has 120 valence electrons. The normalized spacial score (nSPS) is 18.8. The Morgan fingerprint density at radius 1 is 1.26 bits per heavy atom. The van der Waals surface area contributed by atoms with Crippen molar-refractivity contribution in [3.8, 4) is 0 Å². The summed E-state index contributed by atoms with van der Waals surface area (Å²) in [5.74, 6) is -0.959. The average Bonchev–Trinajstić information content (AvgIpc) is 2.77. The molecule has 1 atom stereocenters. The fourth-order valence-corrected chi connectivity index (χ4v) is 3.16. The van der Waals surface area contributed by atoms with Gasteiger partial charge in [0, 0.05) is 12.0 Å². The molecule has 1 unspecified atom stereocenters. The number of benzene rings is 1. The first kappa shape index (κ1) is 15.7. The molecule has 0 aliphatic heterocycles. The molecule has 1 aromatic heterocycles. The van der Waals surface area contributed by atoms with E-state index in [4.69, 9.17) is 4.42 Å². The van der Waals surface area contributed by atoms with Gasteiger partial charge in [0.1, 0.15) is 17.2 Å². The van der Waals surface area contributed by atoms with Gasteiger partial charge in [0.2, 0.25) is 0 Å². The Balaban J connectivity index is 2.26. The third-order valence-electron chi connectivity index (χ3n) is 4.63. The second-order valence-electron chi connectivity index (χ2n) is 6.28. The van der Waals surface area contributed by atoms with Crippen molar-refractivity contribution >= 4 is 22.3 Å². The quantitative estimate of drug-likeness (QED) is 0.699. The Morgan fingerprint density at radius 3 is 2.61 bits per heavy atom. The minimum Gasteiger partial charge on any atom is -0.458 e. The summed E-state index contributed by atoms with van der Waals surface area (Å²) in [6, 6.07) is 2.44. The van der Waals surface area contributed by atoms with E-state index in [1.807, 2.05) is 6.92 Å². The Hall–Kier alpha value is -2.23. The molecule has 1 aromatic carbocycles. The van der Waals surface area contributed by atoms with E-state index in [1.165, 1.54) is 13.0 Å². The summed E-state index contributed by atoms with van der Waals surface area (Å²) in [6.07, 6.45) is 0.988. The van der Waals surface area contributed by atoms with Crippen LogP contribution in [0.25, 0.3) is 16.5 Å². The number of aryl methyl sites for hydroxylation is 1. The van der Waals surface area contributed by atoms with Crippen molar-refractivity contribution in [2.45, 2.75) is 33.6 Å². The Kier molecular flexibility index (Phi) is 3.71. The molecule has 0 saturated carbocycles. The lowest BCUT2D eigenvalue weighted by molar-refractivity contribution is -0.116. The van der Waals surface area contributed by atoms with Gasteiger partial charge in [-0.15, -0.1) is 0 Å². The lowest BCUT2D eigenvalue weighted by atomic mass is 9.78. The predicted molar refractivity (Wildman–Crippen MR) is 86.0 cm³/mol. The topological polar surface area (TPSA) is 30.2 Å². The van der Waals surface area contributed by atoms with Crippen molar-refractivity contribution in [2.24, 2.45) is 5.92 Å². The van der Waals surface area contributed by atoms with Gasteiger partial charge in [-0.3, -0.25) is 4.79 Å². The number of fused-ring (bicyclic) bond motifs is 1. The number of hydrogen-bond donors (Lipinski definition) is 0. The van der Waals surface area contributed by atoms with Crippen LogP contribution in [0.1, 0.15) is 38.0 Å². The number of furan rings is 1. The van der Waals surface area contributed by atoms with Crippen LogP contribution in [0.5, 0.6) is 0 Å². The van der Waals surface area contributed by atoms with Crippen LogP contribution in [-0.4, -0.2) is 5.78 Å². The molecule has 3 rings (SSSR count). The van der Waals surface area contributed by atoms with Gasteiger partial charge in [-0.2, -0.15) is 0 Å². The predicted octanol–water partition coefficient (Wildman–Crippen LogP) is 5.35. The number of carbonyl (C=O) groups is 1. The molecule has 4 heteroatoms. The van der Waals surface area contributed by atoms with Crippen molar-refractivity contribution in [1.29, 1.82) is 0 Å². The monoisotopic (exact) mass is 316 g/mol. The molecule has 2 aromatic rings. The van der Waals surface area contributed by atoms with Crippen LogP contribution in [-0.2, 0) is 4.79 Å². The number of ketones is 1. The summed E-state index contributed by atoms with van der Waals surface area (Å²) in [5.41, 5.74) is 2.98. The molecule has 2 nitrogen and oxygen atoms in total. The number of hydrogen-bond acceptors (Lipinski definition) is 2. The summed E-state index contributed by atoms with van der Waals surface area (Å²) in [7, 11) is 0. The summed E-state index contributed by atoms with van der Waals surface area (Å²) in [5, 5.41) is 0.114. The number of Topliss-reactive ketones (excluding diaryl/α,β-unsaturated/α-hetero) is 1. The van der Waals surface area contributed by atoms with E-state index in [-0.39, 0.29) is 22.8 Å². The second kappa shape index (κ2) is 5.44. The van der Waals surface area contributed by atoms with Crippen LogP contribution in [0, 0.1) is 24.5 Å². The zero-order valence-corrected chi connectivity index (χ0v) is 13.4. The second-order valence-corrected chi connectivity index (χ2v) is 6.28. The van der Waals surface area contributed by atoms with Crippen LogP contribution in [0.4, 0.5) is 8.78 Å². The summed E-state index contributed by atoms with van der Waals surface area (Å²) in [6.45, 7) is 9.05. The number of carbonyl (C=O) groups excluding carboxylic acids is 1.